The topological polar surface area (TPSA) is 90.0 Å². The summed E-state index contributed by atoms with van der Waals surface area (Å²) in [7, 11) is -1.64. The molecule has 0 fully saturated rings. The Balaban J connectivity index is 2.49. The number of nitrogens with one attached hydrogen (secondary N) is 1. The monoisotopic (exact) mass is 540 g/mol. The summed E-state index contributed by atoms with van der Waals surface area (Å²) in [5.41, 5.74) is 0.444. The maximum atomic E-state index is 14.7. The van der Waals surface area contributed by atoms with Crippen molar-refractivity contribution in [1.82, 2.24) is 14.5 Å². The standard InChI is InChI=1S/C25H34ClFN4O4S/c1-6-22(25(33)28-15-18(2)3)30(16-19-11-13-20(26)14-12-19)24(32)17-31(36(34,35)29(4)5)23-10-8-7-9-21(23)27/h7-14,18,22H,6,15-17H2,1-5H3,(H,28,33). The highest BCUT2D eigenvalue weighted by Crippen LogP contribution is 2.24. The van der Waals surface area contributed by atoms with Gasteiger partial charge < -0.3 is 10.2 Å². The number of anilines is 1. The van der Waals surface area contributed by atoms with Crippen LogP contribution >= 0.6 is 11.6 Å². The van der Waals surface area contributed by atoms with Gasteiger partial charge in [-0.05, 0) is 42.2 Å². The van der Waals surface area contributed by atoms with E-state index in [1.807, 2.05) is 13.8 Å². The molecule has 36 heavy (non-hydrogen) atoms. The lowest BCUT2D eigenvalue weighted by Crippen LogP contribution is -2.53. The quantitative estimate of drug-likeness (QED) is 0.445. The fraction of sp³-hybridized carbons (Fsp3) is 0.440. The van der Waals surface area contributed by atoms with E-state index < -0.39 is 34.5 Å². The summed E-state index contributed by atoms with van der Waals surface area (Å²) >= 11 is 6.00. The number of hydrogen-bond acceptors (Lipinski definition) is 4. The van der Waals surface area contributed by atoms with Gasteiger partial charge in [0.1, 0.15) is 18.4 Å². The van der Waals surface area contributed by atoms with E-state index in [1.54, 1.807) is 31.2 Å². The summed E-state index contributed by atoms with van der Waals surface area (Å²) in [6.07, 6.45) is 0.295. The molecular weight excluding hydrogens is 507 g/mol. The van der Waals surface area contributed by atoms with Gasteiger partial charge >= 0.3 is 10.2 Å². The Bertz CT molecular complexity index is 1140. The second-order valence-electron chi connectivity index (χ2n) is 8.96. The second-order valence-corrected chi connectivity index (χ2v) is 11.5. The van der Waals surface area contributed by atoms with Crippen LogP contribution in [0.2, 0.25) is 5.02 Å². The third-order valence-corrected chi connectivity index (χ3v) is 7.53. The lowest BCUT2D eigenvalue weighted by Gasteiger charge is -2.34. The molecule has 0 saturated carbocycles. The molecule has 0 radical (unpaired) electrons. The van der Waals surface area contributed by atoms with Gasteiger partial charge in [0.05, 0.1) is 5.69 Å². The Morgan fingerprint density at radius 3 is 2.19 bits per heavy atom. The van der Waals surface area contributed by atoms with Gasteiger partial charge in [-0.15, -0.1) is 0 Å². The Kier molecular flexibility index (Phi) is 10.7. The molecule has 8 nitrogen and oxygen atoms in total. The summed E-state index contributed by atoms with van der Waals surface area (Å²) in [6, 6.07) is 11.3. The van der Waals surface area contributed by atoms with Crippen molar-refractivity contribution in [1.29, 1.82) is 0 Å². The highest BCUT2D eigenvalue weighted by Gasteiger charge is 2.34. The van der Waals surface area contributed by atoms with Gasteiger partial charge in [0, 0.05) is 32.2 Å². The first kappa shape index (κ1) is 29.5. The third kappa shape index (κ3) is 7.65. The molecule has 2 amide bonds. The minimum atomic E-state index is -4.23. The van der Waals surface area contributed by atoms with Gasteiger partial charge in [0.2, 0.25) is 11.8 Å². The van der Waals surface area contributed by atoms with Crippen molar-refractivity contribution in [2.45, 2.75) is 39.8 Å². The molecule has 2 aromatic rings. The number of benzene rings is 2. The van der Waals surface area contributed by atoms with Gasteiger partial charge in [0.15, 0.2) is 0 Å². The molecular formula is C25H34ClFN4O4S. The van der Waals surface area contributed by atoms with Crippen LogP contribution in [0.15, 0.2) is 48.5 Å². The predicted molar refractivity (Wildman–Crippen MR) is 140 cm³/mol. The van der Waals surface area contributed by atoms with E-state index in [2.05, 4.69) is 5.32 Å². The van der Waals surface area contributed by atoms with Crippen LogP contribution in [0, 0.1) is 11.7 Å². The summed E-state index contributed by atoms with van der Waals surface area (Å²) in [5, 5.41) is 3.37. The predicted octanol–water partition coefficient (Wildman–Crippen LogP) is 3.67. The Morgan fingerprint density at radius 1 is 1.06 bits per heavy atom. The molecule has 1 atom stereocenters. The van der Waals surface area contributed by atoms with Crippen molar-refractivity contribution in [3.8, 4) is 0 Å². The molecule has 0 aliphatic carbocycles. The molecule has 0 bridgehead atoms. The molecule has 0 aromatic heterocycles. The van der Waals surface area contributed by atoms with E-state index in [0.29, 0.717) is 23.6 Å². The lowest BCUT2D eigenvalue weighted by molar-refractivity contribution is -0.140. The highest BCUT2D eigenvalue weighted by atomic mass is 35.5. The summed E-state index contributed by atoms with van der Waals surface area (Å²) in [6.45, 7) is 5.45. The summed E-state index contributed by atoms with van der Waals surface area (Å²) in [5.74, 6) is -1.58. The molecule has 0 aliphatic rings. The minimum Gasteiger partial charge on any atom is -0.354 e. The number of amides is 2. The van der Waals surface area contributed by atoms with Crippen molar-refractivity contribution in [2.24, 2.45) is 5.92 Å². The Hall–Kier alpha value is -2.69. The number of hydrogen-bond donors (Lipinski definition) is 1. The average molecular weight is 541 g/mol. The fourth-order valence-electron chi connectivity index (χ4n) is 3.48. The number of halogens is 2. The summed E-state index contributed by atoms with van der Waals surface area (Å²) in [4.78, 5) is 28.1. The van der Waals surface area contributed by atoms with E-state index >= 15 is 0 Å². The first-order valence-electron chi connectivity index (χ1n) is 11.6. The zero-order valence-electron chi connectivity index (χ0n) is 21.2. The van der Waals surface area contributed by atoms with E-state index in [0.717, 1.165) is 14.7 Å². The van der Waals surface area contributed by atoms with E-state index in [1.165, 1.54) is 37.2 Å². The van der Waals surface area contributed by atoms with E-state index in [9.17, 15) is 22.4 Å². The minimum absolute atomic E-state index is 0.0384. The maximum Gasteiger partial charge on any atom is 0.304 e. The molecule has 0 spiro atoms. The SMILES string of the molecule is CCC(C(=O)NCC(C)C)N(Cc1ccc(Cl)cc1)C(=O)CN(c1ccccc1F)S(=O)(=O)N(C)C. The van der Waals surface area contributed by atoms with Crippen molar-refractivity contribution < 1.29 is 22.4 Å². The van der Waals surface area contributed by atoms with Crippen molar-refractivity contribution in [3.05, 3.63) is 64.9 Å². The van der Waals surface area contributed by atoms with Crippen LogP contribution in [0.5, 0.6) is 0 Å². The van der Waals surface area contributed by atoms with Crippen LogP contribution in [0.1, 0.15) is 32.8 Å². The smallest absolute Gasteiger partial charge is 0.304 e. The molecule has 0 aliphatic heterocycles. The zero-order valence-corrected chi connectivity index (χ0v) is 22.8. The second kappa shape index (κ2) is 13.0. The number of carbonyl (C=O) groups excluding carboxylic acids is 2. The molecule has 11 heteroatoms. The molecule has 1 N–H and O–H groups in total. The first-order valence-corrected chi connectivity index (χ1v) is 13.4. The third-order valence-electron chi connectivity index (χ3n) is 5.48. The Morgan fingerprint density at radius 2 is 1.67 bits per heavy atom. The highest BCUT2D eigenvalue weighted by molar-refractivity contribution is 7.90. The summed E-state index contributed by atoms with van der Waals surface area (Å²) < 4.78 is 42.5. The first-order chi connectivity index (χ1) is 16.9. The molecule has 198 valence electrons. The number of rotatable bonds is 12. The fourth-order valence-corrected chi connectivity index (χ4v) is 4.67. The van der Waals surface area contributed by atoms with E-state index in [4.69, 9.17) is 11.6 Å². The number of nitrogens with zero attached hydrogens (tertiary/aromatic N) is 3. The van der Waals surface area contributed by atoms with Crippen molar-refractivity contribution >= 4 is 39.3 Å². The van der Waals surface area contributed by atoms with Gasteiger partial charge in [0.25, 0.3) is 0 Å². The van der Waals surface area contributed by atoms with Crippen LogP contribution in [0.25, 0.3) is 0 Å². The van der Waals surface area contributed by atoms with Crippen molar-refractivity contribution in [3.63, 3.8) is 0 Å². The average Bonchev–Trinajstić information content (AvgIpc) is 2.82. The molecule has 0 heterocycles. The van der Waals surface area contributed by atoms with Crippen LogP contribution in [0.4, 0.5) is 10.1 Å². The van der Waals surface area contributed by atoms with Crippen LogP contribution in [-0.4, -0.2) is 62.7 Å². The van der Waals surface area contributed by atoms with Gasteiger partial charge in [-0.1, -0.05) is 56.6 Å². The molecule has 2 aromatic carbocycles. The molecule has 0 saturated heterocycles. The zero-order chi connectivity index (χ0) is 27.0. The van der Waals surface area contributed by atoms with Crippen molar-refractivity contribution in [2.75, 3.05) is 31.5 Å². The number of para-hydroxylation sites is 1. The number of carbonyl (C=O) groups is 2. The van der Waals surface area contributed by atoms with Gasteiger partial charge in [-0.25, -0.2) is 8.70 Å². The van der Waals surface area contributed by atoms with Crippen LogP contribution in [-0.2, 0) is 26.3 Å². The lowest BCUT2D eigenvalue weighted by atomic mass is 10.1. The van der Waals surface area contributed by atoms with E-state index in [-0.39, 0.29) is 24.1 Å². The van der Waals surface area contributed by atoms with Gasteiger partial charge in [-0.2, -0.15) is 12.7 Å². The van der Waals surface area contributed by atoms with Gasteiger partial charge in [-0.3, -0.25) is 9.59 Å². The maximum absolute atomic E-state index is 14.7. The molecule has 2 rings (SSSR count). The molecule has 1 unspecified atom stereocenters. The normalized spacial score (nSPS) is 12.5. The largest absolute Gasteiger partial charge is 0.354 e. The van der Waals surface area contributed by atoms with Crippen LogP contribution in [0.3, 0.4) is 0 Å². The Labute approximate surface area is 218 Å². The van der Waals surface area contributed by atoms with Crippen LogP contribution < -0.4 is 9.62 Å².